The number of rotatable bonds is 2. The van der Waals surface area contributed by atoms with Crippen molar-refractivity contribution in [3.8, 4) is 0 Å². The van der Waals surface area contributed by atoms with E-state index in [-0.39, 0.29) is 5.41 Å². The molecule has 144 valence electrons. The third-order valence-corrected chi connectivity index (χ3v) is 5.77. The van der Waals surface area contributed by atoms with Gasteiger partial charge in [0.25, 0.3) is 0 Å². The predicted octanol–water partition coefficient (Wildman–Crippen LogP) is 2.49. The van der Waals surface area contributed by atoms with Crippen molar-refractivity contribution < 1.29 is 23.1 Å². The topological polar surface area (TPSA) is 69.6 Å². The van der Waals surface area contributed by atoms with Crippen LogP contribution in [0.5, 0.6) is 0 Å². The molecule has 26 heavy (non-hydrogen) atoms. The summed E-state index contributed by atoms with van der Waals surface area (Å²) in [6.07, 6.45) is -2.51. The van der Waals surface area contributed by atoms with E-state index in [4.69, 9.17) is 0 Å². The van der Waals surface area contributed by atoms with Crippen LogP contribution in [-0.4, -0.2) is 58.7 Å². The number of carboxylic acids is 1. The van der Waals surface area contributed by atoms with Gasteiger partial charge in [-0.3, -0.25) is 9.69 Å². The summed E-state index contributed by atoms with van der Waals surface area (Å²) in [5, 5.41) is 9.33. The number of likely N-dealkylation sites (tertiary alicyclic amines) is 1. The van der Waals surface area contributed by atoms with Gasteiger partial charge in [0.15, 0.2) is 0 Å². The van der Waals surface area contributed by atoms with Crippen LogP contribution in [0.4, 0.5) is 19.0 Å². The van der Waals surface area contributed by atoms with E-state index in [1.165, 1.54) is 0 Å². The Balaban J connectivity index is 1.79. The van der Waals surface area contributed by atoms with Gasteiger partial charge in [0.05, 0.1) is 0 Å². The van der Waals surface area contributed by atoms with E-state index in [0.717, 1.165) is 12.8 Å². The van der Waals surface area contributed by atoms with Crippen molar-refractivity contribution in [2.24, 2.45) is 5.41 Å². The number of likely N-dealkylation sites (N-methyl/N-ethyl adjacent to an activating group) is 1. The van der Waals surface area contributed by atoms with Crippen LogP contribution in [0.25, 0.3) is 0 Å². The molecule has 0 bridgehead atoms. The molecule has 2 saturated heterocycles. The summed E-state index contributed by atoms with van der Waals surface area (Å²) in [6.45, 7) is 5.13. The molecule has 1 N–H and O–H groups in total. The number of anilines is 1. The highest BCUT2D eigenvalue weighted by atomic mass is 19.4. The van der Waals surface area contributed by atoms with Crippen molar-refractivity contribution in [3.05, 3.63) is 17.1 Å². The average Bonchev–Trinajstić information content (AvgIpc) is 2.86. The van der Waals surface area contributed by atoms with Crippen LogP contribution in [0.1, 0.15) is 36.3 Å². The van der Waals surface area contributed by atoms with E-state index in [0.29, 0.717) is 43.1 Å². The molecule has 0 amide bonds. The van der Waals surface area contributed by atoms with Crippen LogP contribution in [-0.2, 0) is 11.0 Å². The Kier molecular flexibility index (Phi) is 4.62. The number of aromatic nitrogens is 2. The van der Waals surface area contributed by atoms with Crippen molar-refractivity contribution in [2.45, 2.75) is 45.3 Å². The second-order valence-electron chi connectivity index (χ2n) is 7.54. The lowest BCUT2D eigenvalue weighted by Crippen LogP contribution is -2.42. The largest absolute Gasteiger partial charge is 0.480 e. The molecule has 0 unspecified atom stereocenters. The van der Waals surface area contributed by atoms with Crippen LogP contribution in [0, 0.1) is 19.3 Å². The van der Waals surface area contributed by atoms with E-state index in [1.807, 2.05) is 16.8 Å². The lowest BCUT2D eigenvalue weighted by molar-refractivity contribution is -0.145. The maximum atomic E-state index is 13.0. The van der Waals surface area contributed by atoms with Crippen LogP contribution >= 0.6 is 0 Å². The van der Waals surface area contributed by atoms with Gasteiger partial charge in [-0.2, -0.15) is 13.2 Å². The van der Waals surface area contributed by atoms with Crippen LogP contribution in [0.3, 0.4) is 0 Å². The Labute approximate surface area is 150 Å². The summed E-state index contributed by atoms with van der Waals surface area (Å²) in [6, 6.07) is -0.485. The van der Waals surface area contributed by atoms with Gasteiger partial charge in [-0.05, 0) is 45.6 Å². The Bertz CT molecular complexity index is 715. The van der Waals surface area contributed by atoms with Gasteiger partial charge in [0.1, 0.15) is 11.9 Å². The fourth-order valence-corrected chi connectivity index (χ4v) is 4.15. The monoisotopic (exact) mass is 372 g/mol. The number of hydrogen-bond acceptors (Lipinski definition) is 5. The molecular formula is C17H23F3N4O2. The number of nitrogens with zero attached hydrogens (tertiary/aromatic N) is 4. The van der Waals surface area contributed by atoms with Gasteiger partial charge in [0, 0.05) is 30.9 Å². The minimum absolute atomic E-state index is 0.0862. The average molecular weight is 372 g/mol. The number of hydrogen-bond donors (Lipinski definition) is 1. The minimum Gasteiger partial charge on any atom is -0.480 e. The van der Waals surface area contributed by atoms with E-state index in [2.05, 4.69) is 9.97 Å². The molecule has 0 radical (unpaired) electrons. The first-order valence-electron chi connectivity index (χ1n) is 8.63. The fraction of sp³-hybridized carbons (Fsp3) is 0.706. The summed E-state index contributed by atoms with van der Waals surface area (Å²) < 4.78 is 39.1. The third kappa shape index (κ3) is 3.36. The quantitative estimate of drug-likeness (QED) is 0.860. The normalized spacial score (nSPS) is 23.6. The Morgan fingerprint density at radius 3 is 2.35 bits per heavy atom. The number of aryl methyl sites for hydroxylation is 1. The van der Waals surface area contributed by atoms with E-state index in [1.54, 1.807) is 13.8 Å². The fourth-order valence-electron chi connectivity index (χ4n) is 4.15. The predicted molar refractivity (Wildman–Crippen MR) is 89.1 cm³/mol. The second kappa shape index (κ2) is 6.37. The van der Waals surface area contributed by atoms with Crippen molar-refractivity contribution >= 4 is 11.8 Å². The maximum Gasteiger partial charge on any atom is 0.451 e. The molecule has 9 heteroatoms. The summed E-state index contributed by atoms with van der Waals surface area (Å²) in [4.78, 5) is 22.5. The summed E-state index contributed by atoms with van der Waals surface area (Å²) >= 11 is 0. The molecular weight excluding hydrogens is 349 g/mol. The number of carboxylic acid groups (broad SMARTS) is 1. The Hall–Kier alpha value is -1.90. The zero-order valence-electron chi connectivity index (χ0n) is 15.1. The van der Waals surface area contributed by atoms with Crippen LogP contribution in [0.2, 0.25) is 0 Å². The van der Waals surface area contributed by atoms with E-state index >= 15 is 0 Å². The molecule has 0 saturated carbocycles. The first kappa shape index (κ1) is 18.9. The maximum absolute atomic E-state index is 13.0. The van der Waals surface area contributed by atoms with Gasteiger partial charge < -0.3 is 10.0 Å². The van der Waals surface area contributed by atoms with Crippen molar-refractivity contribution in [3.63, 3.8) is 0 Å². The first-order chi connectivity index (χ1) is 12.0. The van der Waals surface area contributed by atoms with Gasteiger partial charge in [-0.25, -0.2) is 9.97 Å². The van der Waals surface area contributed by atoms with Gasteiger partial charge in [-0.15, -0.1) is 0 Å². The molecule has 1 aromatic heterocycles. The molecule has 3 rings (SSSR count). The molecule has 2 aliphatic heterocycles. The number of piperidine rings is 1. The highest BCUT2D eigenvalue weighted by Gasteiger charge is 2.47. The van der Waals surface area contributed by atoms with Crippen LogP contribution in [0.15, 0.2) is 0 Å². The van der Waals surface area contributed by atoms with E-state index in [9.17, 15) is 23.1 Å². The molecule has 1 atom stereocenters. The molecule has 2 aliphatic rings. The first-order valence-corrected chi connectivity index (χ1v) is 8.63. The zero-order valence-corrected chi connectivity index (χ0v) is 15.1. The van der Waals surface area contributed by atoms with Crippen molar-refractivity contribution in [1.82, 2.24) is 14.9 Å². The van der Waals surface area contributed by atoms with E-state index < -0.39 is 24.0 Å². The highest BCUT2D eigenvalue weighted by molar-refractivity contribution is 5.74. The number of carbonyl (C=O) groups is 1. The number of aliphatic carboxylic acids is 1. The lowest BCUT2D eigenvalue weighted by atomic mass is 9.76. The van der Waals surface area contributed by atoms with Gasteiger partial charge in [0.2, 0.25) is 5.82 Å². The number of alkyl halides is 3. The molecule has 0 aromatic carbocycles. The third-order valence-electron chi connectivity index (χ3n) is 5.77. The molecule has 6 nitrogen and oxygen atoms in total. The lowest BCUT2D eigenvalue weighted by Gasteiger charge is -2.40. The smallest absolute Gasteiger partial charge is 0.451 e. The molecule has 3 heterocycles. The van der Waals surface area contributed by atoms with Crippen molar-refractivity contribution in [1.29, 1.82) is 0 Å². The summed E-state index contributed by atoms with van der Waals surface area (Å²) in [5.41, 5.74) is 0.895. The van der Waals surface area contributed by atoms with Gasteiger partial charge >= 0.3 is 12.1 Å². The number of halogens is 3. The Morgan fingerprint density at radius 1 is 1.23 bits per heavy atom. The summed E-state index contributed by atoms with van der Waals surface area (Å²) in [5.74, 6) is -1.59. The molecule has 0 aliphatic carbocycles. The highest BCUT2D eigenvalue weighted by Crippen LogP contribution is 2.44. The molecule has 1 aromatic rings. The summed E-state index contributed by atoms with van der Waals surface area (Å²) in [7, 11) is 1.81. The zero-order chi connectivity index (χ0) is 19.3. The Morgan fingerprint density at radius 2 is 1.85 bits per heavy atom. The molecule has 2 fully saturated rings. The molecule has 1 spiro atoms. The van der Waals surface area contributed by atoms with Gasteiger partial charge in [-0.1, -0.05) is 0 Å². The minimum atomic E-state index is -4.58. The second-order valence-corrected chi connectivity index (χ2v) is 7.54. The van der Waals surface area contributed by atoms with Crippen LogP contribution < -0.4 is 4.90 Å². The standard InChI is InChI=1S/C17H23F3N4O2/c1-10-11(2)21-15(17(18,19)20)22-13(10)24-6-4-16(5-7-24)8-12(14(25)26)23(3)9-16/h12H,4-9H2,1-3H3,(H,25,26)/t12-/m1/s1. The SMILES string of the molecule is Cc1nc(C(F)(F)F)nc(N2CCC3(CC2)C[C@H](C(=O)O)N(C)C3)c1C. The van der Waals surface area contributed by atoms with Crippen molar-refractivity contribution in [2.75, 3.05) is 31.6 Å².